The first-order valence-corrected chi connectivity index (χ1v) is 7.89. The Balaban J connectivity index is 4.00. The van der Waals surface area contributed by atoms with Crippen molar-refractivity contribution in [2.24, 2.45) is 0 Å². The third kappa shape index (κ3) is 8.90. The van der Waals surface area contributed by atoms with E-state index in [2.05, 4.69) is 41.9 Å². The molecule has 0 saturated carbocycles. The number of hydrogen-bond acceptors (Lipinski definition) is 2. The number of rotatable bonds is 2. The van der Waals surface area contributed by atoms with Crippen molar-refractivity contribution in [3.63, 3.8) is 0 Å². The van der Waals surface area contributed by atoms with Gasteiger partial charge in [-0.25, -0.2) is 4.79 Å². The van der Waals surface area contributed by atoms with Gasteiger partial charge in [0.15, 0.2) is 0 Å². The first-order chi connectivity index (χ1) is 5.95. The first-order valence-electron chi connectivity index (χ1n) is 4.31. The van der Waals surface area contributed by atoms with Gasteiger partial charge in [0, 0.05) is 5.92 Å². The maximum absolute atomic E-state index is 10.7. The molecule has 0 spiro atoms. The van der Waals surface area contributed by atoms with E-state index in [1.807, 2.05) is 0 Å². The second-order valence-corrected chi connectivity index (χ2v) is 8.75. The molecule has 0 atom stereocenters. The molecule has 0 heterocycles. The Hall–Kier alpha value is -1.01. The molecule has 0 aromatic rings. The van der Waals surface area contributed by atoms with Gasteiger partial charge in [-0.1, -0.05) is 31.3 Å². The highest BCUT2D eigenvalue weighted by Crippen LogP contribution is 2.00. The first kappa shape index (κ1) is 12.0. The molecule has 0 aliphatic rings. The minimum atomic E-state index is -1.18. The summed E-state index contributed by atoms with van der Waals surface area (Å²) in [5.41, 5.74) is 2.08. The molecule has 72 valence electrons. The van der Waals surface area contributed by atoms with Crippen LogP contribution in [0.4, 0.5) is 0 Å². The summed E-state index contributed by atoms with van der Waals surface area (Å²) < 4.78 is 4.64. The summed E-state index contributed by atoms with van der Waals surface area (Å²) >= 11 is 0. The second-order valence-electron chi connectivity index (χ2n) is 3.69. The van der Waals surface area contributed by atoms with Gasteiger partial charge in [-0.05, 0) is 13.0 Å². The zero-order valence-corrected chi connectivity index (χ0v) is 9.68. The molecule has 0 radical (unpaired) electrons. The Bertz CT molecular complexity index is 250. The molecule has 0 aliphatic heterocycles. The molecule has 0 amide bonds. The van der Waals surface area contributed by atoms with Crippen LogP contribution in [0.25, 0.3) is 0 Å². The molecule has 2 nitrogen and oxygen atoms in total. The second kappa shape index (κ2) is 5.60. The molecule has 0 rings (SSSR count). The predicted octanol–water partition coefficient (Wildman–Crippen LogP) is 1.99. The van der Waals surface area contributed by atoms with Gasteiger partial charge >= 0.3 is 5.97 Å². The van der Waals surface area contributed by atoms with Crippen molar-refractivity contribution >= 4 is 14.0 Å². The molecule has 3 heteroatoms. The van der Waals surface area contributed by atoms with Gasteiger partial charge in [-0.3, -0.25) is 0 Å². The highest BCUT2D eigenvalue weighted by Gasteiger charge is 2.05. The van der Waals surface area contributed by atoms with Gasteiger partial charge in [0.25, 0.3) is 0 Å². The number of carbonyl (C=O) groups is 1. The van der Waals surface area contributed by atoms with E-state index in [1.54, 1.807) is 13.0 Å². The van der Waals surface area contributed by atoms with Crippen molar-refractivity contribution in [3.8, 4) is 11.8 Å². The van der Waals surface area contributed by atoms with Crippen molar-refractivity contribution < 1.29 is 9.53 Å². The standard InChI is InChI=1S/C10H16O2Si/c1-5-12-10(11)8-6-7-9-13(2,3)4/h7,9H,5H2,1-4H3/b9-7+. The Morgan fingerprint density at radius 3 is 2.54 bits per heavy atom. The fourth-order valence-corrected chi connectivity index (χ4v) is 1.14. The van der Waals surface area contributed by atoms with Crippen LogP contribution in [-0.4, -0.2) is 20.7 Å². The van der Waals surface area contributed by atoms with E-state index in [-0.39, 0.29) is 0 Å². The summed E-state index contributed by atoms with van der Waals surface area (Å²) in [6.07, 6.45) is 1.74. The molecule has 0 bridgehead atoms. The maximum Gasteiger partial charge on any atom is 0.384 e. The average Bonchev–Trinajstić information content (AvgIpc) is 1.97. The summed E-state index contributed by atoms with van der Waals surface area (Å²) in [4.78, 5) is 10.7. The van der Waals surface area contributed by atoms with Gasteiger partial charge in [0.1, 0.15) is 0 Å². The number of esters is 1. The molecule has 0 fully saturated rings. The maximum atomic E-state index is 10.7. The molecule has 0 saturated heterocycles. The fourth-order valence-electron chi connectivity index (χ4n) is 0.559. The Labute approximate surface area is 81.0 Å². The van der Waals surface area contributed by atoms with Crippen molar-refractivity contribution in [2.45, 2.75) is 26.6 Å². The fraction of sp³-hybridized carbons (Fsp3) is 0.500. The quantitative estimate of drug-likeness (QED) is 0.292. The summed E-state index contributed by atoms with van der Waals surface area (Å²) in [6.45, 7) is 8.75. The average molecular weight is 196 g/mol. The van der Waals surface area contributed by atoms with E-state index in [9.17, 15) is 4.79 Å². The van der Waals surface area contributed by atoms with Crippen LogP contribution in [0.2, 0.25) is 19.6 Å². The lowest BCUT2D eigenvalue weighted by molar-refractivity contribution is -0.136. The minimum absolute atomic E-state index is 0.380. The van der Waals surface area contributed by atoms with Gasteiger partial charge < -0.3 is 4.74 Å². The molecular weight excluding hydrogens is 180 g/mol. The number of allylic oxidation sites excluding steroid dienone is 1. The largest absolute Gasteiger partial charge is 0.456 e. The van der Waals surface area contributed by atoms with Crippen molar-refractivity contribution in [3.05, 3.63) is 11.8 Å². The van der Waals surface area contributed by atoms with Crippen LogP contribution in [0.3, 0.4) is 0 Å². The van der Waals surface area contributed by atoms with Gasteiger partial charge in [-0.2, -0.15) is 0 Å². The van der Waals surface area contributed by atoms with Gasteiger partial charge in [0.05, 0.1) is 14.7 Å². The lowest BCUT2D eigenvalue weighted by Gasteiger charge is -2.05. The van der Waals surface area contributed by atoms with E-state index >= 15 is 0 Å². The van der Waals surface area contributed by atoms with E-state index in [0.29, 0.717) is 6.61 Å². The molecule has 13 heavy (non-hydrogen) atoms. The van der Waals surface area contributed by atoms with Crippen LogP contribution in [0, 0.1) is 11.8 Å². The number of ether oxygens (including phenoxy) is 1. The monoisotopic (exact) mass is 196 g/mol. The summed E-state index contributed by atoms with van der Waals surface area (Å²) in [6, 6.07) is 0. The lowest BCUT2D eigenvalue weighted by atomic mass is 10.5. The number of hydrogen-bond donors (Lipinski definition) is 0. The number of carbonyl (C=O) groups excluding carboxylic acids is 1. The molecule has 0 N–H and O–H groups in total. The van der Waals surface area contributed by atoms with E-state index in [0.717, 1.165) is 0 Å². The van der Waals surface area contributed by atoms with Crippen LogP contribution in [0.5, 0.6) is 0 Å². The summed E-state index contributed by atoms with van der Waals surface area (Å²) in [5.74, 6) is 4.58. The molecule has 0 aliphatic carbocycles. The molecule has 0 aromatic carbocycles. The normalized spacial score (nSPS) is 10.8. The van der Waals surface area contributed by atoms with Crippen LogP contribution in [0.15, 0.2) is 11.8 Å². The highest BCUT2D eigenvalue weighted by atomic mass is 28.3. The van der Waals surface area contributed by atoms with Crippen LogP contribution in [0.1, 0.15) is 6.92 Å². The predicted molar refractivity (Wildman–Crippen MR) is 56.9 cm³/mol. The molecule has 0 unspecified atom stereocenters. The third-order valence-electron chi connectivity index (χ3n) is 1.12. The van der Waals surface area contributed by atoms with Crippen molar-refractivity contribution in [1.29, 1.82) is 0 Å². The third-order valence-corrected chi connectivity index (χ3v) is 2.28. The van der Waals surface area contributed by atoms with Crippen LogP contribution in [-0.2, 0) is 9.53 Å². The van der Waals surface area contributed by atoms with Crippen molar-refractivity contribution in [2.75, 3.05) is 6.61 Å². The van der Waals surface area contributed by atoms with E-state index < -0.39 is 14.0 Å². The topological polar surface area (TPSA) is 26.3 Å². The zero-order valence-electron chi connectivity index (χ0n) is 8.68. The van der Waals surface area contributed by atoms with Gasteiger partial charge in [0.2, 0.25) is 0 Å². The Morgan fingerprint density at radius 1 is 1.46 bits per heavy atom. The lowest BCUT2D eigenvalue weighted by Crippen LogP contribution is -2.15. The molecular formula is C10H16O2Si. The van der Waals surface area contributed by atoms with Gasteiger partial charge in [-0.15, -0.1) is 0 Å². The van der Waals surface area contributed by atoms with Crippen LogP contribution >= 0.6 is 0 Å². The Kier molecular flexibility index (Phi) is 5.16. The zero-order chi connectivity index (χ0) is 10.3. The van der Waals surface area contributed by atoms with Crippen molar-refractivity contribution in [1.82, 2.24) is 0 Å². The minimum Gasteiger partial charge on any atom is -0.456 e. The molecule has 0 aromatic heterocycles. The van der Waals surface area contributed by atoms with Crippen LogP contribution < -0.4 is 0 Å². The summed E-state index contributed by atoms with van der Waals surface area (Å²) in [5, 5.41) is 0. The van der Waals surface area contributed by atoms with E-state index in [4.69, 9.17) is 0 Å². The van der Waals surface area contributed by atoms with E-state index in [1.165, 1.54) is 0 Å². The summed E-state index contributed by atoms with van der Waals surface area (Å²) in [7, 11) is -1.18. The smallest absolute Gasteiger partial charge is 0.384 e. The SMILES string of the molecule is CCOC(=O)C#C/C=C/[Si](C)(C)C. The highest BCUT2D eigenvalue weighted by molar-refractivity contribution is 6.81. The Morgan fingerprint density at radius 2 is 2.08 bits per heavy atom.